The van der Waals surface area contributed by atoms with Crippen molar-refractivity contribution in [2.75, 3.05) is 21.1 Å². The summed E-state index contributed by atoms with van der Waals surface area (Å²) in [5.41, 5.74) is 1.11. The zero-order valence-corrected chi connectivity index (χ0v) is 11.9. The van der Waals surface area contributed by atoms with E-state index >= 15 is 0 Å². The van der Waals surface area contributed by atoms with Crippen molar-refractivity contribution < 1.29 is 24.3 Å². The number of aromatic nitrogens is 1. The summed E-state index contributed by atoms with van der Waals surface area (Å²) in [6.07, 6.45) is 4.88. The molecule has 1 unspecified atom stereocenters. The maximum absolute atomic E-state index is 10.5. The molecule has 1 aromatic heterocycles. The predicted octanol–water partition coefficient (Wildman–Crippen LogP) is -0.638. The van der Waals surface area contributed by atoms with Crippen LogP contribution in [0.1, 0.15) is 12.0 Å². The van der Waals surface area contributed by atoms with Gasteiger partial charge in [-0.2, -0.15) is 0 Å². The molecule has 21 heavy (non-hydrogen) atoms. The summed E-state index contributed by atoms with van der Waals surface area (Å²) in [6, 6.07) is 2.82. The number of carboxylic acids is 2. The zero-order chi connectivity index (χ0) is 15.8. The van der Waals surface area contributed by atoms with E-state index in [1.54, 1.807) is 39.6 Å². The van der Waals surface area contributed by atoms with Crippen LogP contribution in [0.25, 0.3) is 6.08 Å². The summed E-state index contributed by atoms with van der Waals surface area (Å²) >= 11 is 0. The van der Waals surface area contributed by atoms with Crippen molar-refractivity contribution in [3.05, 3.63) is 36.7 Å². The maximum atomic E-state index is 10.5. The van der Waals surface area contributed by atoms with Crippen molar-refractivity contribution in [2.24, 2.45) is 0 Å². The molecule has 0 aromatic carbocycles. The van der Waals surface area contributed by atoms with Crippen LogP contribution in [0.3, 0.4) is 0 Å². The second kappa shape index (κ2) is 10.5. The number of quaternary nitrogens is 1. The average Bonchev–Trinajstić information content (AvgIpc) is 2.36. The topological polar surface area (TPSA) is 90.3 Å². The zero-order valence-electron chi connectivity index (χ0n) is 11.9. The average molecular weight is 304 g/mol. The molecule has 112 valence electrons. The number of carbonyl (C=O) groups excluding carboxylic acids is 1. The number of nitrogens with zero attached hydrogens (tertiary/aromatic N) is 2. The Bertz CT molecular complexity index is 458. The van der Waals surface area contributed by atoms with Gasteiger partial charge in [0, 0.05) is 12.4 Å². The number of hydrogen-bond acceptors (Lipinski definition) is 4. The molecule has 1 rings (SSSR count). The fraction of sp³-hybridized carbons (Fsp3) is 0.357. The standard InChI is InChI=1S/C7H13NO4.C7H7N.Na.H/c1-8(2,3)5(7(11)12)4-6(9)10;1-2-7-3-5-8-6-4-7;;/h5H,4H2,1-3H3,(H-,9,10,11,12);2-6H,1H2;;. The van der Waals surface area contributed by atoms with Crippen molar-refractivity contribution >= 4 is 47.6 Å². The molecule has 0 radical (unpaired) electrons. The monoisotopic (exact) mass is 304 g/mol. The van der Waals surface area contributed by atoms with Crippen molar-refractivity contribution in [2.45, 2.75) is 12.5 Å². The molecule has 0 aliphatic rings. The van der Waals surface area contributed by atoms with Gasteiger partial charge in [-0.05, 0) is 17.7 Å². The number of rotatable bonds is 5. The number of carboxylic acid groups (broad SMARTS) is 2. The third kappa shape index (κ3) is 10.2. The molecular weight excluding hydrogens is 283 g/mol. The van der Waals surface area contributed by atoms with Crippen LogP contribution in [0.5, 0.6) is 0 Å². The van der Waals surface area contributed by atoms with E-state index in [0.29, 0.717) is 0 Å². The minimum atomic E-state index is -1.33. The van der Waals surface area contributed by atoms with Crippen molar-refractivity contribution in [3.8, 4) is 0 Å². The SMILES string of the molecule is C=Cc1ccncc1.C[N+](C)(C)C(CC(=O)O)C(=O)[O-].[NaH]. The van der Waals surface area contributed by atoms with Crippen LogP contribution < -0.4 is 5.11 Å². The van der Waals surface area contributed by atoms with Crippen molar-refractivity contribution in [1.82, 2.24) is 4.98 Å². The van der Waals surface area contributed by atoms with E-state index in [1.165, 1.54) is 0 Å². The number of pyridine rings is 1. The van der Waals surface area contributed by atoms with Crippen molar-refractivity contribution in [1.29, 1.82) is 0 Å². The molecule has 1 atom stereocenters. The Morgan fingerprint density at radius 2 is 1.86 bits per heavy atom. The van der Waals surface area contributed by atoms with Gasteiger partial charge in [-0.3, -0.25) is 9.78 Å². The molecule has 0 fully saturated rings. The molecule has 6 nitrogen and oxygen atoms in total. The van der Waals surface area contributed by atoms with Crippen molar-refractivity contribution in [3.63, 3.8) is 0 Å². The molecule has 0 aliphatic heterocycles. The predicted molar refractivity (Wildman–Crippen MR) is 80.6 cm³/mol. The third-order valence-corrected chi connectivity index (χ3v) is 2.52. The van der Waals surface area contributed by atoms with Crippen LogP contribution in [0.15, 0.2) is 31.1 Å². The first-order valence-electron chi connectivity index (χ1n) is 5.94. The van der Waals surface area contributed by atoms with E-state index in [0.717, 1.165) is 5.56 Å². The van der Waals surface area contributed by atoms with E-state index in [1.807, 2.05) is 12.1 Å². The van der Waals surface area contributed by atoms with Crippen LogP contribution in [-0.2, 0) is 9.59 Å². The fourth-order valence-corrected chi connectivity index (χ4v) is 1.34. The molecule has 7 heteroatoms. The first-order valence-corrected chi connectivity index (χ1v) is 5.94. The summed E-state index contributed by atoms with van der Waals surface area (Å²) < 4.78 is 0.0502. The van der Waals surface area contributed by atoms with Crippen LogP contribution >= 0.6 is 0 Å². The number of aliphatic carboxylic acids is 2. The van der Waals surface area contributed by atoms with Gasteiger partial charge in [0.15, 0.2) is 0 Å². The van der Waals surface area contributed by atoms with Gasteiger partial charge >= 0.3 is 35.5 Å². The second-order valence-corrected chi connectivity index (χ2v) is 5.03. The van der Waals surface area contributed by atoms with Crippen LogP contribution in [-0.4, -0.2) is 83.3 Å². The summed E-state index contributed by atoms with van der Waals surface area (Å²) in [5.74, 6) is -2.46. The van der Waals surface area contributed by atoms with Gasteiger partial charge in [-0.15, -0.1) is 0 Å². The van der Waals surface area contributed by atoms with Gasteiger partial charge in [0.1, 0.15) is 12.5 Å². The third-order valence-electron chi connectivity index (χ3n) is 2.52. The molecule has 0 saturated heterocycles. The van der Waals surface area contributed by atoms with Gasteiger partial charge in [-0.25, -0.2) is 0 Å². The normalized spacial score (nSPS) is 11.2. The summed E-state index contributed by atoms with van der Waals surface area (Å²) in [7, 11) is 4.84. The van der Waals surface area contributed by atoms with E-state index in [-0.39, 0.29) is 34.0 Å². The molecule has 1 aromatic rings. The van der Waals surface area contributed by atoms with Crippen LogP contribution in [0.4, 0.5) is 0 Å². The van der Waals surface area contributed by atoms with E-state index in [4.69, 9.17) is 5.11 Å². The van der Waals surface area contributed by atoms with E-state index in [9.17, 15) is 14.7 Å². The Labute approximate surface area is 147 Å². The quantitative estimate of drug-likeness (QED) is 0.577. The van der Waals surface area contributed by atoms with Gasteiger partial charge in [-0.1, -0.05) is 12.7 Å². The molecular formula is C14H21N2NaO4. The molecule has 1 heterocycles. The Kier molecular flexibility index (Phi) is 11.0. The summed E-state index contributed by atoms with van der Waals surface area (Å²) in [6.45, 7) is 3.60. The molecule has 0 spiro atoms. The Hall–Kier alpha value is -1.21. The van der Waals surface area contributed by atoms with Gasteiger partial charge < -0.3 is 19.5 Å². The number of carbonyl (C=O) groups is 2. The fourth-order valence-electron chi connectivity index (χ4n) is 1.34. The molecule has 0 saturated carbocycles. The van der Waals surface area contributed by atoms with Crippen LogP contribution in [0.2, 0.25) is 0 Å². The van der Waals surface area contributed by atoms with Gasteiger partial charge in [0.2, 0.25) is 0 Å². The van der Waals surface area contributed by atoms with E-state index in [2.05, 4.69) is 11.6 Å². The minimum absolute atomic E-state index is 0. The number of hydrogen-bond donors (Lipinski definition) is 1. The number of likely N-dealkylation sites (N-methyl/N-ethyl adjacent to an activating group) is 1. The second-order valence-electron chi connectivity index (χ2n) is 5.03. The summed E-state index contributed by atoms with van der Waals surface area (Å²) in [4.78, 5) is 24.6. The molecule has 0 aliphatic carbocycles. The van der Waals surface area contributed by atoms with Gasteiger partial charge in [0.25, 0.3) is 0 Å². The Morgan fingerprint density at radius 1 is 1.38 bits per heavy atom. The Balaban J connectivity index is 0. The first kappa shape index (κ1) is 22.1. The first-order chi connectivity index (χ1) is 9.18. The molecule has 0 amide bonds. The van der Waals surface area contributed by atoms with E-state index < -0.39 is 24.4 Å². The summed E-state index contributed by atoms with van der Waals surface area (Å²) in [5, 5.41) is 18.9. The Morgan fingerprint density at radius 3 is 2.05 bits per heavy atom. The molecule has 0 bridgehead atoms. The van der Waals surface area contributed by atoms with Gasteiger partial charge in [0.05, 0.1) is 27.1 Å². The van der Waals surface area contributed by atoms with Crippen LogP contribution in [0, 0.1) is 0 Å². The molecule has 1 N–H and O–H groups in total.